The summed E-state index contributed by atoms with van der Waals surface area (Å²) in [7, 11) is 5.11. The summed E-state index contributed by atoms with van der Waals surface area (Å²) in [6.45, 7) is 3.94. The summed E-state index contributed by atoms with van der Waals surface area (Å²) in [6.07, 6.45) is 10.2. The van der Waals surface area contributed by atoms with E-state index in [1.54, 1.807) is 19.1 Å². The third-order valence-electron chi connectivity index (χ3n) is 9.25. The van der Waals surface area contributed by atoms with Gasteiger partial charge in [-0.3, -0.25) is 9.59 Å². The molecule has 5 aromatic rings. The van der Waals surface area contributed by atoms with E-state index in [4.69, 9.17) is 9.47 Å². The number of ether oxygens (including phenoxy) is 2. The van der Waals surface area contributed by atoms with Crippen LogP contribution in [0.4, 0.5) is 0 Å². The zero-order valence-corrected chi connectivity index (χ0v) is 27.5. The third kappa shape index (κ3) is 7.41. The first kappa shape index (κ1) is 32.1. The Bertz CT molecular complexity index is 1810. The van der Waals surface area contributed by atoms with Crippen LogP contribution in [0, 0.1) is 5.92 Å². The second-order valence-electron chi connectivity index (χ2n) is 12.4. The van der Waals surface area contributed by atoms with Crippen molar-refractivity contribution in [1.82, 2.24) is 23.9 Å². The summed E-state index contributed by atoms with van der Waals surface area (Å²) in [5, 5.41) is 2.25. The van der Waals surface area contributed by atoms with E-state index in [-0.39, 0.29) is 11.8 Å². The van der Waals surface area contributed by atoms with Crippen molar-refractivity contribution >= 4 is 22.6 Å². The number of methoxy groups -OCH3 is 2. The number of rotatable bonds is 12. The molecule has 0 aliphatic carbocycles. The molecule has 1 saturated heterocycles. The number of nitrogens with zero attached hydrogens (tertiary/aromatic N) is 5. The quantitative estimate of drug-likeness (QED) is 0.175. The summed E-state index contributed by atoms with van der Waals surface area (Å²) >= 11 is 0. The molecule has 0 atom stereocenters. The second kappa shape index (κ2) is 14.7. The molecular formula is C38H43N5O4. The summed E-state index contributed by atoms with van der Waals surface area (Å²) < 4.78 is 14.8. The fourth-order valence-electron chi connectivity index (χ4n) is 6.48. The van der Waals surface area contributed by atoms with Gasteiger partial charge in [0.1, 0.15) is 5.75 Å². The fourth-order valence-corrected chi connectivity index (χ4v) is 6.48. The molecule has 6 rings (SSSR count). The molecule has 1 aliphatic rings. The second-order valence-corrected chi connectivity index (χ2v) is 12.4. The molecule has 2 aromatic heterocycles. The molecule has 0 radical (unpaired) electrons. The molecule has 0 bridgehead atoms. The van der Waals surface area contributed by atoms with Gasteiger partial charge in [0.05, 0.1) is 44.3 Å². The van der Waals surface area contributed by atoms with Crippen molar-refractivity contribution in [3.05, 3.63) is 108 Å². The van der Waals surface area contributed by atoms with E-state index in [1.807, 2.05) is 73.1 Å². The molecule has 244 valence electrons. The zero-order valence-electron chi connectivity index (χ0n) is 27.5. The monoisotopic (exact) mass is 633 g/mol. The average Bonchev–Trinajstić information content (AvgIpc) is 3.73. The number of hydrogen-bond acceptors (Lipinski definition) is 5. The van der Waals surface area contributed by atoms with Crippen molar-refractivity contribution < 1.29 is 19.1 Å². The topological polar surface area (TPSA) is 81.8 Å². The summed E-state index contributed by atoms with van der Waals surface area (Å²) in [5.74, 6) is 1.38. The van der Waals surface area contributed by atoms with Crippen LogP contribution < -0.4 is 4.74 Å². The molecule has 3 aromatic carbocycles. The molecular weight excluding hydrogens is 590 g/mol. The Morgan fingerprint density at radius 1 is 0.936 bits per heavy atom. The van der Waals surface area contributed by atoms with Gasteiger partial charge >= 0.3 is 0 Å². The number of piperidine rings is 1. The normalized spacial score (nSPS) is 13.6. The number of likely N-dealkylation sites (N-methyl/N-ethyl adjacent to an activating group) is 1. The minimum atomic E-state index is -0.0365. The Hall–Kier alpha value is -4.89. The van der Waals surface area contributed by atoms with Crippen LogP contribution in [0.1, 0.15) is 34.5 Å². The number of fused-ring (bicyclic) bond motifs is 1. The number of likely N-dealkylation sites (tertiary alicyclic amines) is 1. The Labute approximate surface area is 276 Å². The molecule has 3 heterocycles. The maximum Gasteiger partial charge on any atom is 0.255 e. The number of amides is 2. The molecule has 0 spiro atoms. The van der Waals surface area contributed by atoms with Gasteiger partial charge in [0.15, 0.2) is 0 Å². The smallest absolute Gasteiger partial charge is 0.255 e. The van der Waals surface area contributed by atoms with Gasteiger partial charge in [-0.25, -0.2) is 4.98 Å². The number of benzene rings is 3. The van der Waals surface area contributed by atoms with Crippen molar-refractivity contribution in [3.63, 3.8) is 0 Å². The number of imidazole rings is 1. The van der Waals surface area contributed by atoms with Crippen molar-refractivity contribution in [2.75, 3.05) is 47.5 Å². The lowest BCUT2D eigenvalue weighted by atomic mass is 9.96. The van der Waals surface area contributed by atoms with Crippen LogP contribution >= 0.6 is 0 Å². The van der Waals surface area contributed by atoms with Crippen molar-refractivity contribution in [2.24, 2.45) is 5.92 Å². The van der Waals surface area contributed by atoms with Gasteiger partial charge < -0.3 is 28.4 Å². The first-order chi connectivity index (χ1) is 22.9. The lowest BCUT2D eigenvalue weighted by molar-refractivity contribution is -0.131. The molecule has 0 N–H and O–H groups in total. The molecule has 0 saturated carbocycles. The van der Waals surface area contributed by atoms with Crippen LogP contribution in [-0.2, 0) is 29.0 Å². The van der Waals surface area contributed by atoms with Crippen LogP contribution in [0.2, 0.25) is 0 Å². The molecule has 9 heteroatoms. The van der Waals surface area contributed by atoms with Gasteiger partial charge in [-0.2, -0.15) is 0 Å². The Kier molecular flexibility index (Phi) is 10.0. The molecule has 1 fully saturated rings. The van der Waals surface area contributed by atoms with Crippen molar-refractivity contribution in [2.45, 2.75) is 32.4 Å². The molecule has 47 heavy (non-hydrogen) atoms. The highest BCUT2D eigenvalue weighted by Crippen LogP contribution is 2.33. The van der Waals surface area contributed by atoms with Crippen LogP contribution in [-0.4, -0.2) is 83.2 Å². The van der Waals surface area contributed by atoms with Crippen LogP contribution in [0.25, 0.3) is 21.9 Å². The summed E-state index contributed by atoms with van der Waals surface area (Å²) in [6, 6.07) is 22.2. The summed E-state index contributed by atoms with van der Waals surface area (Å²) in [4.78, 5) is 34.9. The third-order valence-corrected chi connectivity index (χ3v) is 9.25. The minimum absolute atomic E-state index is 0.0365. The van der Waals surface area contributed by atoms with Crippen LogP contribution in [0.5, 0.6) is 5.75 Å². The van der Waals surface area contributed by atoms with Gasteiger partial charge in [-0.05, 0) is 52.8 Å². The number of carbonyl (C=O) groups excluding carboxylic acids is 2. The zero-order chi connectivity index (χ0) is 32.8. The van der Waals surface area contributed by atoms with Gasteiger partial charge in [0.2, 0.25) is 5.91 Å². The molecule has 0 unspecified atom stereocenters. The number of hydrogen-bond donors (Lipinski definition) is 0. The van der Waals surface area contributed by atoms with E-state index >= 15 is 0 Å². The Morgan fingerprint density at radius 2 is 1.70 bits per heavy atom. The lowest BCUT2D eigenvalue weighted by Gasteiger charge is -2.32. The predicted octanol–water partition coefficient (Wildman–Crippen LogP) is 5.76. The molecule has 1 aliphatic heterocycles. The van der Waals surface area contributed by atoms with E-state index in [0.717, 1.165) is 71.4 Å². The van der Waals surface area contributed by atoms with E-state index in [1.165, 1.54) is 0 Å². The van der Waals surface area contributed by atoms with Gasteiger partial charge in [0.25, 0.3) is 5.91 Å². The van der Waals surface area contributed by atoms with E-state index in [2.05, 4.69) is 44.6 Å². The van der Waals surface area contributed by atoms with Gasteiger partial charge in [-0.15, -0.1) is 0 Å². The van der Waals surface area contributed by atoms with E-state index < -0.39 is 0 Å². The van der Waals surface area contributed by atoms with Crippen molar-refractivity contribution in [3.8, 4) is 16.9 Å². The predicted molar refractivity (Wildman–Crippen MR) is 184 cm³/mol. The minimum Gasteiger partial charge on any atom is -0.497 e. The van der Waals surface area contributed by atoms with E-state index in [9.17, 15) is 9.59 Å². The SMILES string of the molecule is COCCN(C)C(=O)c1cn(Cc2cncn2CC2CCN(C(=O)Cc3ccc(OC)cc3)CC2)cc1-c1cccc2ccccc12. The van der Waals surface area contributed by atoms with Gasteiger partial charge in [0, 0.05) is 64.5 Å². The maximum absolute atomic E-state index is 13.7. The van der Waals surface area contributed by atoms with Crippen LogP contribution in [0.3, 0.4) is 0 Å². The highest BCUT2D eigenvalue weighted by atomic mass is 16.5. The highest BCUT2D eigenvalue weighted by molar-refractivity contribution is 6.06. The lowest BCUT2D eigenvalue weighted by Crippen LogP contribution is -2.40. The van der Waals surface area contributed by atoms with Crippen molar-refractivity contribution in [1.29, 1.82) is 0 Å². The summed E-state index contributed by atoms with van der Waals surface area (Å²) in [5.41, 5.74) is 4.69. The number of carbonyl (C=O) groups is 2. The molecule has 2 amide bonds. The fraction of sp³-hybridized carbons (Fsp3) is 0.342. The van der Waals surface area contributed by atoms with Crippen LogP contribution in [0.15, 0.2) is 91.6 Å². The standard InChI is InChI=1S/C38H43N5O4/c1-40(19-20-46-2)38(45)36-26-41(25-35(36)34-10-6-8-30-7-4-5-9-33(30)34)24-31-22-39-27-43(31)23-29-15-17-42(18-16-29)37(44)21-28-11-13-32(47-3)14-12-28/h4-14,22,25-27,29H,15-21,23-24H2,1-3H3. The van der Waals surface area contributed by atoms with E-state index in [0.29, 0.717) is 37.6 Å². The first-order valence-electron chi connectivity index (χ1n) is 16.3. The molecule has 9 nitrogen and oxygen atoms in total. The largest absolute Gasteiger partial charge is 0.497 e. The average molecular weight is 634 g/mol. The van der Waals surface area contributed by atoms with Gasteiger partial charge in [-0.1, -0.05) is 54.6 Å². The Balaban J connectivity index is 1.15. The number of aromatic nitrogens is 3. The Morgan fingerprint density at radius 3 is 2.47 bits per heavy atom. The highest BCUT2D eigenvalue weighted by Gasteiger charge is 2.25. The maximum atomic E-state index is 13.7. The first-order valence-corrected chi connectivity index (χ1v) is 16.3.